The maximum absolute atomic E-state index is 13.1. The number of nitrogens with one attached hydrogen (secondary N) is 1. The van der Waals surface area contributed by atoms with Crippen molar-refractivity contribution in [3.8, 4) is 5.69 Å². The highest BCUT2D eigenvalue weighted by atomic mass is 19.1. The standard InChI is InChI=1S/C19H23FN4O/c20-14-4-6-16(7-5-14)24-11-22-10-17(24)19(25)23-18-12-2-1-3-13(18)9-15(21)8-12/h4-7,10-13,15,18H,1-3,8-9,21H2,(H,23,25). The van der Waals surface area contributed by atoms with Gasteiger partial charge in [0.05, 0.1) is 12.5 Å². The summed E-state index contributed by atoms with van der Waals surface area (Å²) in [6.45, 7) is 0. The lowest BCUT2D eigenvalue weighted by molar-refractivity contribution is 0.0750. The number of nitrogens with two attached hydrogens (primary N) is 1. The molecular formula is C19H23FN4O. The van der Waals surface area contributed by atoms with Gasteiger partial charge in [0.15, 0.2) is 0 Å². The van der Waals surface area contributed by atoms with Gasteiger partial charge in [0.1, 0.15) is 11.5 Å². The van der Waals surface area contributed by atoms with Crippen LogP contribution in [0.1, 0.15) is 42.6 Å². The van der Waals surface area contributed by atoms with E-state index in [4.69, 9.17) is 5.73 Å². The Morgan fingerprint density at radius 3 is 2.56 bits per heavy atom. The van der Waals surface area contributed by atoms with Crippen LogP contribution in [0, 0.1) is 17.7 Å². The number of imidazole rings is 1. The Bertz CT molecular complexity index is 743. The lowest BCUT2D eigenvalue weighted by Crippen LogP contribution is -2.53. The summed E-state index contributed by atoms with van der Waals surface area (Å²) < 4.78 is 14.8. The van der Waals surface area contributed by atoms with Gasteiger partial charge in [0.2, 0.25) is 0 Å². The number of carbonyl (C=O) groups is 1. The van der Waals surface area contributed by atoms with Crippen molar-refractivity contribution in [2.75, 3.05) is 0 Å². The molecular weight excluding hydrogens is 319 g/mol. The fourth-order valence-electron chi connectivity index (χ4n) is 4.52. The third kappa shape index (κ3) is 3.18. The van der Waals surface area contributed by atoms with Crippen LogP contribution in [-0.2, 0) is 0 Å². The first-order chi connectivity index (χ1) is 12.1. The lowest BCUT2D eigenvalue weighted by Gasteiger charge is -2.45. The number of benzene rings is 1. The summed E-state index contributed by atoms with van der Waals surface area (Å²) in [6, 6.07) is 6.49. The molecule has 1 aromatic heterocycles. The number of halogens is 1. The highest BCUT2D eigenvalue weighted by Crippen LogP contribution is 2.39. The first kappa shape index (κ1) is 16.3. The number of fused-ring (bicyclic) bond motifs is 2. The molecule has 2 aliphatic rings. The Labute approximate surface area is 146 Å². The number of nitrogens with zero attached hydrogens (tertiary/aromatic N) is 2. The lowest BCUT2D eigenvalue weighted by atomic mass is 9.67. The molecule has 0 radical (unpaired) electrons. The van der Waals surface area contributed by atoms with E-state index in [1.54, 1.807) is 29.2 Å². The second-order valence-corrected chi connectivity index (χ2v) is 7.31. The molecule has 2 unspecified atom stereocenters. The molecule has 0 spiro atoms. The number of aromatic nitrogens is 2. The number of hydrogen-bond acceptors (Lipinski definition) is 3. The molecule has 0 aliphatic heterocycles. The van der Waals surface area contributed by atoms with Gasteiger partial charge in [-0.25, -0.2) is 9.37 Å². The van der Waals surface area contributed by atoms with Crippen molar-refractivity contribution in [3.63, 3.8) is 0 Å². The molecule has 2 saturated carbocycles. The predicted molar refractivity (Wildman–Crippen MR) is 92.8 cm³/mol. The second kappa shape index (κ2) is 6.59. The van der Waals surface area contributed by atoms with Crippen molar-refractivity contribution in [1.29, 1.82) is 0 Å². The molecule has 1 amide bonds. The minimum atomic E-state index is -0.304. The van der Waals surface area contributed by atoms with Crippen LogP contribution in [0.5, 0.6) is 0 Å². The van der Waals surface area contributed by atoms with Crippen LogP contribution >= 0.6 is 0 Å². The largest absolute Gasteiger partial charge is 0.347 e. The number of hydrogen-bond donors (Lipinski definition) is 2. The van der Waals surface area contributed by atoms with Crippen LogP contribution in [-0.4, -0.2) is 27.5 Å². The van der Waals surface area contributed by atoms with E-state index in [1.165, 1.54) is 18.6 Å². The molecule has 3 N–H and O–H groups in total. The van der Waals surface area contributed by atoms with Gasteiger partial charge in [-0.2, -0.15) is 0 Å². The van der Waals surface area contributed by atoms with Crippen LogP contribution in [0.3, 0.4) is 0 Å². The summed E-state index contributed by atoms with van der Waals surface area (Å²) in [6.07, 6.45) is 8.60. The van der Waals surface area contributed by atoms with E-state index >= 15 is 0 Å². The predicted octanol–water partition coefficient (Wildman–Crippen LogP) is 2.65. The summed E-state index contributed by atoms with van der Waals surface area (Å²) in [7, 11) is 0. The van der Waals surface area contributed by atoms with Crippen molar-refractivity contribution < 1.29 is 9.18 Å². The summed E-state index contributed by atoms with van der Waals surface area (Å²) >= 11 is 0. The Balaban J connectivity index is 1.54. The van der Waals surface area contributed by atoms with Crippen LogP contribution in [0.2, 0.25) is 0 Å². The molecule has 2 atom stereocenters. The van der Waals surface area contributed by atoms with Gasteiger partial charge in [-0.05, 0) is 61.8 Å². The smallest absolute Gasteiger partial charge is 0.270 e. The van der Waals surface area contributed by atoms with E-state index < -0.39 is 0 Å². The zero-order chi connectivity index (χ0) is 17.4. The average molecular weight is 342 g/mol. The van der Waals surface area contributed by atoms with Gasteiger partial charge >= 0.3 is 0 Å². The van der Waals surface area contributed by atoms with E-state index in [9.17, 15) is 9.18 Å². The monoisotopic (exact) mass is 342 g/mol. The Hall–Kier alpha value is -2.21. The fraction of sp³-hybridized carbons (Fsp3) is 0.474. The zero-order valence-corrected chi connectivity index (χ0v) is 14.1. The van der Waals surface area contributed by atoms with Crippen LogP contribution < -0.4 is 11.1 Å². The summed E-state index contributed by atoms with van der Waals surface area (Å²) in [5.74, 6) is 0.503. The van der Waals surface area contributed by atoms with E-state index in [0.29, 0.717) is 17.5 Å². The van der Waals surface area contributed by atoms with Gasteiger partial charge in [0, 0.05) is 17.8 Å². The van der Waals surface area contributed by atoms with Crippen molar-refractivity contribution in [2.24, 2.45) is 17.6 Å². The van der Waals surface area contributed by atoms with Crippen LogP contribution in [0.15, 0.2) is 36.8 Å². The highest BCUT2D eigenvalue weighted by molar-refractivity contribution is 5.93. The first-order valence-corrected chi connectivity index (χ1v) is 8.96. The third-order valence-corrected chi connectivity index (χ3v) is 5.65. The molecule has 6 heteroatoms. The van der Waals surface area contributed by atoms with Gasteiger partial charge in [-0.15, -0.1) is 0 Å². The Morgan fingerprint density at radius 1 is 1.20 bits per heavy atom. The van der Waals surface area contributed by atoms with E-state index in [-0.39, 0.29) is 23.8 Å². The normalized spacial score (nSPS) is 28.6. The van der Waals surface area contributed by atoms with Crippen molar-refractivity contribution in [2.45, 2.75) is 44.2 Å². The van der Waals surface area contributed by atoms with Crippen LogP contribution in [0.25, 0.3) is 5.69 Å². The molecule has 2 aliphatic carbocycles. The fourth-order valence-corrected chi connectivity index (χ4v) is 4.52. The molecule has 132 valence electrons. The second-order valence-electron chi connectivity index (χ2n) is 7.31. The van der Waals surface area contributed by atoms with Gasteiger partial charge < -0.3 is 11.1 Å². The minimum absolute atomic E-state index is 0.126. The highest BCUT2D eigenvalue weighted by Gasteiger charge is 2.40. The molecule has 1 aromatic carbocycles. The van der Waals surface area contributed by atoms with Crippen molar-refractivity contribution >= 4 is 5.91 Å². The van der Waals surface area contributed by atoms with E-state index in [2.05, 4.69) is 10.3 Å². The number of amides is 1. The molecule has 0 saturated heterocycles. The Kier molecular flexibility index (Phi) is 4.29. The summed E-state index contributed by atoms with van der Waals surface area (Å²) in [5.41, 5.74) is 7.36. The van der Waals surface area contributed by atoms with Crippen molar-refractivity contribution in [3.05, 3.63) is 48.3 Å². The maximum Gasteiger partial charge on any atom is 0.270 e. The van der Waals surface area contributed by atoms with Crippen molar-refractivity contribution in [1.82, 2.24) is 14.9 Å². The molecule has 2 fully saturated rings. The van der Waals surface area contributed by atoms with E-state index in [0.717, 1.165) is 31.4 Å². The zero-order valence-electron chi connectivity index (χ0n) is 14.1. The Morgan fingerprint density at radius 2 is 1.88 bits per heavy atom. The van der Waals surface area contributed by atoms with Gasteiger partial charge in [-0.1, -0.05) is 6.42 Å². The third-order valence-electron chi connectivity index (χ3n) is 5.65. The number of carbonyl (C=O) groups excluding carboxylic acids is 1. The molecule has 2 aromatic rings. The van der Waals surface area contributed by atoms with Gasteiger partial charge in [0.25, 0.3) is 5.91 Å². The maximum atomic E-state index is 13.1. The quantitative estimate of drug-likeness (QED) is 0.901. The molecule has 4 rings (SSSR count). The van der Waals surface area contributed by atoms with E-state index in [1.807, 2.05) is 0 Å². The average Bonchev–Trinajstić information content (AvgIpc) is 3.06. The number of rotatable bonds is 3. The SMILES string of the molecule is NC1CC2CCCC(C1)C2NC(=O)c1cncn1-c1ccc(F)cc1. The molecule has 5 nitrogen and oxygen atoms in total. The topological polar surface area (TPSA) is 72.9 Å². The van der Waals surface area contributed by atoms with Crippen LogP contribution in [0.4, 0.5) is 4.39 Å². The molecule has 25 heavy (non-hydrogen) atoms. The minimum Gasteiger partial charge on any atom is -0.347 e. The molecule has 2 bridgehead atoms. The first-order valence-electron chi connectivity index (χ1n) is 8.96. The van der Waals surface area contributed by atoms with Gasteiger partial charge in [-0.3, -0.25) is 9.36 Å². The molecule has 1 heterocycles. The summed E-state index contributed by atoms with van der Waals surface area (Å²) in [4.78, 5) is 17.0. The summed E-state index contributed by atoms with van der Waals surface area (Å²) in [5, 5.41) is 3.24.